The van der Waals surface area contributed by atoms with E-state index in [2.05, 4.69) is 56.1 Å². The third-order valence-corrected chi connectivity index (χ3v) is 4.58. The average molecular weight is 449 g/mol. The molecule has 0 aliphatic carbocycles. The molecule has 0 spiro atoms. The first-order valence-electron chi connectivity index (χ1n) is 8.08. The number of aliphatic hydroxyl groups is 2. The van der Waals surface area contributed by atoms with Gasteiger partial charge in [0.15, 0.2) is 6.29 Å². The number of amides is 2. The third kappa shape index (κ3) is 6.45. The molecule has 0 aliphatic heterocycles. The minimum atomic E-state index is -1.54. The van der Waals surface area contributed by atoms with E-state index in [1.807, 2.05) is 28.9 Å². The zero-order valence-corrected chi connectivity index (χ0v) is 16.9. The largest absolute Gasteiger partial charge is 0.370 e. The van der Waals surface area contributed by atoms with Gasteiger partial charge in [0.1, 0.15) is 0 Å². The second-order valence-electron chi connectivity index (χ2n) is 6.60. The number of aliphatic hydroxyl groups excluding tert-OH is 1. The highest BCUT2D eigenvalue weighted by atomic mass is 127. The molecule has 1 rings (SSSR count). The van der Waals surface area contributed by atoms with Crippen molar-refractivity contribution in [2.75, 3.05) is 31.1 Å². The van der Waals surface area contributed by atoms with Crippen molar-refractivity contribution < 1.29 is 15.0 Å². The molecule has 136 valence electrons. The number of likely N-dealkylation sites (N-methyl/N-ethyl adjacent to an activating group) is 1. The fourth-order valence-electron chi connectivity index (χ4n) is 2.41. The van der Waals surface area contributed by atoms with Crippen LogP contribution in [-0.4, -0.2) is 51.8 Å². The summed E-state index contributed by atoms with van der Waals surface area (Å²) in [4.78, 5) is 14.1. The Bertz CT molecular complexity index is 532. The first-order chi connectivity index (χ1) is 11.2. The van der Waals surface area contributed by atoms with Crippen molar-refractivity contribution in [3.05, 3.63) is 29.8 Å². The summed E-state index contributed by atoms with van der Waals surface area (Å²) in [6.07, 6.45) is -1.54. The van der Waals surface area contributed by atoms with Gasteiger partial charge in [-0.3, -0.25) is 3.11 Å². The van der Waals surface area contributed by atoms with Crippen LogP contribution in [0.15, 0.2) is 24.3 Å². The van der Waals surface area contributed by atoms with Crippen LogP contribution in [0.1, 0.15) is 33.3 Å². The van der Waals surface area contributed by atoms with E-state index in [1.165, 1.54) is 14.4 Å². The van der Waals surface area contributed by atoms with E-state index < -0.39 is 6.29 Å². The third-order valence-electron chi connectivity index (χ3n) is 3.66. The second-order valence-corrected chi connectivity index (χ2v) is 7.76. The molecule has 2 amide bonds. The van der Waals surface area contributed by atoms with Crippen LogP contribution < -0.4 is 10.2 Å². The molecule has 0 heterocycles. The van der Waals surface area contributed by atoms with Crippen LogP contribution in [0.2, 0.25) is 0 Å². The second kappa shape index (κ2) is 9.43. The number of carbonyl (C=O) groups is 1. The molecule has 0 atom stereocenters. The Balaban J connectivity index is 2.74. The molecule has 1 aromatic rings. The number of urea groups is 1. The number of nitrogens with one attached hydrogen (secondary N) is 1. The smallest absolute Gasteiger partial charge is 0.326 e. The van der Waals surface area contributed by atoms with E-state index >= 15 is 0 Å². The zero-order valence-electron chi connectivity index (χ0n) is 14.8. The Labute approximate surface area is 158 Å². The molecule has 7 heteroatoms. The van der Waals surface area contributed by atoms with Gasteiger partial charge >= 0.3 is 6.03 Å². The number of rotatable bonds is 7. The van der Waals surface area contributed by atoms with Crippen LogP contribution >= 0.6 is 22.9 Å². The Kier molecular flexibility index (Phi) is 8.24. The van der Waals surface area contributed by atoms with Crippen molar-refractivity contribution in [2.24, 2.45) is 0 Å². The lowest BCUT2D eigenvalue weighted by Gasteiger charge is -2.31. The fourth-order valence-corrected chi connectivity index (χ4v) is 2.79. The van der Waals surface area contributed by atoms with Crippen LogP contribution in [0.5, 0.6) is 0 Å². The Morgan fingerprint density at radius 1 is 1.25 bits per heavy atom. The number of carbonyl (C=O) groups excluding carboxylic acids is 1. The quantitative estimate of drug-likeness (QED) is 0.340. The van der Waals surface area contributed by atoms with Crippen molar-refractivity contribution >= 4 is 34.6 Å². The molecule has 0 aromatic heterocycles. The highest BCUT2D eigenvalue weighted by molar-refractivity contribution is 14.1. The summed E-state index contributed by atoms with van der Waals surface area (Å²) in [5, 5.41) is 20.1. The lowest BCUT2D eigenvalue weighted by atomic mass is 9.85. The molecule has 0 saturated carbocycles. The van der Waals surface area contributed by atoms with Crippen molar-refractivity contribution in [1.29, 1.82) is 0 Å². The SMILES string of the molecule is CCN(CCN(I)C(=O)NCC(O)O)c1ccccc1C(C)(C)C. The monoisotopic (exact) mass is 449 g/mol. The maximum absolute atomic E-state index is 11.9. The van der Waals surface area contributed by atoms with Crippen LogP contribution in [0.4, 0.5) is 10.5 Å². The molecule has 3 N–H and O–H groups in total. The summed E-state index contributed by atoms with van der Waals surface area (Å²) < 4.78 is 1.52. The highest BCUT2D eigenvalue weighted by Crippen LogP contribution is 2.31. The summed E-state index contributed by atoms with van der Waals surface area (Å²) in [6.45, 7) is 10.6. The van der Waals surface area contributed by atoms with Gasteiger partial charge < -0.3 is 20.4 Å². The lowest BCUT2D eigenvalue weighted by Crippen LogP contribution is -2.41. The molecule has 24 heavy (non-hydrogen) atoms. The van der Waals surface area contributed by atoms with Crippen molar-refractivity contribution in [1.82, 2.24) is 8.43 Å². The number of para-hydroxylation sites is 1. The van der Waals surface area contributed by atoms with Crippen LogP contribution in [0.3, 0.4) is 0 Å². The molecular weight excluding hydrogens is 421 g/mol. The van der Waals surface area contributed by atoms with E-state index in [1.54, 1.807) is 0 Å². The highest BCUT2D eigenvalue weighted by Gasteiger charge is 2.21. The predicted octanol–water partition coefficient (Wildman–Crippen LogP) is 2.48. The van der Waals surface area contributed by atoms with Gasteiger partial charge in [-0.1, -0.05) is 39.0 Å². The number of benzene rings is 1. The van der Waals surface area contributed by atoms with E-state index in [0.29, 0.717) is 13.1 Å². The van der Waals surface area contributed by atoms with Crippen LogP contribution in [-0.2, 0) is 5.41 Å². The summed E-state index contributed by atoms with van der Waals surface area (Å²) in [7, 11) is 0. The van der Waals surface area contributed by atoms with Crippen LogP contribution in [0.25, 0.3) is 0 Å². The molecule has 0 saturated heterocycles. The standard InChI is InChI=1S/C17H28IN3O3/c1-5-20(10-11-21(18)16(24)19-12-15(22)23)14-9-7-6-8-13(14)17(2,3)4/h6-9,15,22-23H,5,10-12H2,1-4H3,(H,19,24). The summed E-state index contributed by atoms with van der Waals surface area (Å²) in [5.41, 5.74) is 2.51. The Morgan fingerprint density at radius 2 is 1.88 bits per heavy atom. The lowest BCUT2D eigenvalue weighted by molar-refractivity contribution is -0.0354. The molecule has 0 aliphatic rings. The first-order valence-corrected chi connectivity index (χ1v) is 9.05. The summed E-state index contributed by atoms with van der Waals surface area (Å²) in [6, 6.07) is 8.02. The van der Waals surface area contributed by atoms with Gasteiger partial charge in [-0.25, -0.2) is 4.79 Å². The van der Waals surface area contributed by atoms with Gasteiger partial charge in [0, 0.05) is 18.8 Å². The van der Waals surface area contributed by atoms with E-state index in [4.69, 9.17) is 10.2 Å². The molecule has 0 fully saturated rings. The minimum absolute atomic E-state index is 0.0443. The molecular formula is C17H28IN3O3. The number of halogens is 1. The summed E-state index contributed by atoms with van der Waals surface area (Å²) >= 11 is 1.94. The van der Waals surface area contributed by atoms with Gasteiger partial charge in [-0.2, -0.15) is 0 Å². The van der Waals surface area contributed by atoms with Gasteiger partial charge in [0.2, 0.25) is 0 Å². The zero-order chi connectivity index (χ0) is 18.3. The Hall–Kier alpha value is -1.06. The molecule has 1 aromatic carbocycles. The Morgan fingerprint density at radius 3 is 2.42 bits per heavy atom. The number of anilines is 1. The fraction of sp³-hybridized carbons (Fsp3) is 0.588. The van der Waals surface area contributed by atoms with E-state index in [-0.39, 0.29) is 18.0 Å². The van der Waals surface area contributed by atoms with Gasteiger partial charge in [0.25, 0.3) is 0 Å². The number of nitrogens with zero attached hydrogens (tertiary/aromatic N) is 2. The van der Waals surface area contributed by atoms with Crippen molar-refractivity contribution in [3.8, 4) is 0 Å². The van der Waals surface area contributed by atoms with E-state index in [0.717, 1.165) is 6.54 Å². The van der Waals surface area contributed by atoms with Gasteiger partial charge in [0.05, 0.1) is 36.0 Å². The molecule has 0 unspecified atom stereocenters. The van der Waals surface area contributed by atoms with Gasteiger partial charge in [-0.15, -0.1) is 0 Å². The normalized spacial score (nSPS) is 11.5. The predicted molar refractivity (Wildman–Crippen MR) is 105 cm³/mol. The van der Waals surface area contributed by atoms with Crippen molar-refractivity contribution in [2.45, 2.75) is 39.4 Å². The summed E-state index contributed by atoms with van der Waals surface area (Å²) in [5.74, 6) is 0. The first kappa shape index (κ1) is 21.0. The average Bonchev–Trinajstić information content (AvgIpc) is 2.52. The molecule has 0 radical (unpaired) electrons. The molecule has 6 nitrogen and oxygen atoms in total. The van der Waals surface area contributed by atoms with Gasteiger partial charge in [-0.05, 0) is 24.0 Å². The minimum Gasteiger partial charge on any atom is -0.370 e. The number of hydrogen-bond donors (Lipinski definition) is 3. The topological polar surface area (TPSA) is 76.0 Å². The van der Waals surface area contributed by atoms with E-state index in [9.17, 15) is 4.79 Å². The molecule has 0 bridgehead atoms. The number of hydrogen-bond acceptors (Lipinski definition) is 4. The van der Waals surface area contributed by atoms with Crippen LogP contribution in [0, 0.1) is 0 Å². The maximum atomic E-state index is 11.9. The maximum Gasteiger partial charge on any atom is 0.326 e. The van der Waals surface area contributed by atoms with Crippen molar-refractivity contribution in [3.63, 3.8) is 0 Å².